The molecule has 1 aromatic carbocycles. The molecule has 1 saturated heterocycles. The fraction of sp³-hybridized carbons (Fsp3) is 0.500. The van der Waals surface area contributed by atoms with E-state index in [9.17, 15) is 9.18 Å². The molecule has 1 N–H and O–H groups in total. The molecular weight excluding hydrogens is 283 g/mol. The summed E-state index contributed by atoms with van der Waals surface area (Å²) in [5.74, 6) is -0.922. The fourth-order valence-corrected chi connectivity index (χ4v) is 2.42. The third-order valence-electron chi connectivity index (χ3n) is 3.34. The second kappa shape index (κ2) is 6.52. The summed E-state index contributed by atoms with van der Waals surface area (Å²) in [5.41, 5.74) is 0.635. The maximum atomic E-state index is 13.6. The molecule has 0 saturated carbocycles. The van der Waals surface area contributed by atoms with E-state index >= 15 is 0 Å². The maximum Gasteiger partial charge on any atom is 0.229 e. The van der Waals surface area contributed by atoms with Crippen LogP contribution in [0.2, 0.25) is 5.02 Å². The first-order valence-corrected chi connectivity index (χ1v) is 6.87. The number of nitrogens with zero attached hydrogens (tertiary/aromatic N) is 1. The van der Waals surface area contributed by atoms with Gasteiger partial charge in [0.15, 0.2) is 0 Å². The zero-order valence-corrected chi connectivity index (χ0v) is 12.3. The molecule has 2 rings (SSSR count). The van der Waals surface area contributed by atoms with E-state index in [1.54, 1.807) is 20.2 Å². The molecule has 0 aliphatic carbocycles. The molecule has 1 aliphatic heterocycles. The first kappa shape index (κ1) is 15.2. The van der Waals surface area contributed by atoms with Crippen molar-refractivity contribution in [3.8, 4) is 0 Å². The Balaban J connectivity index is 2.32. The molecule has 20 heavy (non-hydrogen) atoms. The predicted molar refractivity (Wildman–Crippen MR) is 75.2 cm³/mol. The molecule has 0 aromatic heterocycles. The van der Waals surface area contributed by atoms with Crippen molar-refractivity contribution in [2.75, 3.05) is 33.8 Å². The average molecular weight is 301 g/mol. The highest BCUT2D eigenvalue weighted by atomic mass is 35.5. The lowest BCUT2D eigenvalue weighted by atomic mass is 9.94. The zero-order chi connectivity index (χ0) is 14.7. The Morgan fingerprint density at radius 1 is 1.50 bits per heavy atom. The molecule has 0 unspecified atom stereocenters. The SMILES string of the molecule is CN(C)C(=O)[C@@H]1CNCCO[C@H]1c1ccc(Cl)c(F)c1. The van der Waals surface area contributed by atoms with Gasteiger partial charge in [0.2, 0.25) is 5.91 Å². The van der Waals surface area contributed by atoms with Gasteiger partial charge in [-0.3, -0.25) is 4.79 Å². The number of halogens is 2. The molecule has 0 spiro atoms. The molecular formula is C14H18ClFN2O2. The van der Waals surface area contributed by atoms with Crippen molar-refractivity contribution in [2.45, 2.75) is 6.10 Å². The van der Waals surface area contributed by atoms with Crippen molar-refractivity contribution < 1.29 is 13.9 Å². The van der Waals surface area contributed by atoms with Gasteiger partial charge in [-0.05, 0) is 17.7 Å². The number of hydrogen-bond donors (Lipinski definition) is 1. The van der Waals surface area contributed by atoms with Gasteiger partial charge in [0.05, 0.1) is 23.7 Å². The van der Waals surface area contributed by atoms with E-state index in [4.69, 9.17) is 16.3 Å². The van der Waals surface area contributed by atoms with Crippen LogP contribution in [0, 0.1) is 11.7 Å². The number of benzene rings is 1. The number of rotatable bonds is 2. The first-order chi connectivity index (χ1) is 9.50. The molecule has 6 heteroatoms. The van der Waals surface area contributed by atoms with Gasteiger partial charge in [0.25, 0.3) is 0 Å². The van der Waals surface area contributed by atoms with Crippen LogP contribution in [0.4, 0.5) is 4.39 Å². The molecule has 1 amide bonds. The highest BCUT2D eigenvalue weighted by Gasteiger charge is 2.33. The highest BCUT2D eigenvalue weighted by molar-refractivity contribution is 6.30. The summed E-state index contributed by atoms with van der Waals surface area (Å²) < 4.78 is 19.4. The number of hydrogen-bond acceptors (Lipinski definition) is 3. The highest BCUT2D eigenvalue weighted by Crippen LogP contribution is 2.30. The topological polar surface area (TPSA) is 41.6 Å². The lowest BCUT2D eigenvalue weighted by molar-refractivity contribution is -0.137. The van der Waals surface area contributed by atoms with Gasteiger partial charge < -0.3 is 15.0 Å². The van der Waals surface area contributed by atoms with E-state index in [0.717, 1.165) is 0 Å². The quantitative estimate of drug-likeness (QED) is 0.906. The summed E-state index contributed by atoms with van der Waals surface area (Å²) in [7, 11) is 3.40. The smallest absolute Gasteiger partial charge is 0.229 e. The molecule has 1 heterocycles. The van der Waals surface area contributed by atoms with E-state index in [1.165, 1.54) is 17.0 Å². The van der Waals surface area contributed by atoms with Gasteiger partial charge in [-0.15, -0.1) is 0 Å². The van der Waals surface area contributed by atoms with Crippen molar-refractivity contribution in [1.82, 2.24) is 10.2 Å². The lowest BCUT2D eigenvalue weighted by Gasteiger charge is -2.26. The van der Waals surface area contributed by atoms with Crippen LogP contribution in [0.1, 0.15) is 11.7 Å². The molecule has 2 atom stereocenters. The molecule has 1 aromatic rings. The van der Waals surface area contributed by atoms with E-state index in [2.05, 4.69) is 5.32 Å². The second-order valence-corrected chi connectivity index (χ2v) is 5.42. The van der Waals surface area contributed by atoms with Crippen LogP contribution < -0.4 is 5.32 Å². The number of carbonyl (C=O) groups excluding carboxylic acids is 1. The second-order valence-electron chi connectivity index (χ2n) is 5.01. The van der Waals surface area contributed by atoms with Gasteiger partial charge in [-0.2, -0.15) is 0 Å². The van der Waals surface area contributed by atoms with Crippen LogP contribution in [0.25, 0.3) is 0 Å². The number of carbonyl (C=O) groups is 1. The third-order valence-corrected chi connectivity index (χ3v) is 3.64. The molecule has 1 aliphatic rings. The number of amides is 1. The van der Waals surface area contributed by atoms with Gasteiger partial charge in [0.1, 0.15) is 5.82 Å². The summed E-state index contributed by atoms with van der Waals surface area (Å²) in [6.45, 7) is 1.65. The summed E-state index contributed by atoms with van der Waals surface area (Å²) in [6, 6.07) is 4.54. The molecule has 4 nitrogen and oxygen atoms in total. The molecule has 1 fully saturated rings. The maximum absolute atomic E-state index is 13.6. The molecule has 110 valence electrons. The van der Waals surface area contributed by atoms with Gasteiger partial charge in [-0.25, -0.2) is 4.39 Å². The zero-order valence-electron chi connectivity index (χ0n) is 11.5. The minimum Gasteiger partial charge on any atom is -0.371 e. The molecule has 0 radical (unpaired) electrons. The normalized spacial score (nSPS) is 23.2. The summed E-state index contributed by atoms with van der Waals surface area (Å²) in [5, 5.41) is 3.23. The Hall–Kier alpha value is -1.17. The molecule has 0 bridgehead atoms. The Morgan fingerprint density at radius 2 is 2.25 bits per heavy atom. The standard InChI is InChI=1S/C14H18ClFN2O2/c1-18(2)14(19)10-8-17-5-6-20-13(10)9-3-4-11(15)12(16)7-9/h3-4,7,10,13,17H,5-6,8H2,1-2H3/t10-,13+/m1/s1. The average Bonchev–Trinajstić information content (AvgIpc) is 2.66. The summed E-state index contributed by atoms with van der Waals surface area (Å²) in [4.78, 5) is 13.8. The van der Waals surface area contributed by atoms with Crippen LogP contribution in [0.5, 0.6) is 0 Å². The van der Waals surface area contributed by atoms with Crippen molar-refractivity contribution in [3.63, 3.8) is 0 Å². The Morgan fingerprint density at radius 3 is 2.90 bits per heavy atom. The van der Waals surface area contributed by atoms with Crippen molar-refractivity contribution in [1.29, 1.82) is 0 Å². The summed E-state index contributed by atoms with van der Waals surface area (Å²) in [6.07, 6.45) is -0.466. The van der Waals surface area contributed by atoms with Crippen LogP contribution >= 0.6 is 11.6 Å². The minimum atomic E-state index is -0.499. The number of nitrogens with one attached hydrogen (secondary N) is 1. The predicted octanol–water partition coefficient (Wildman–Crippen LogP) is 1.84. The van der Waals surface area contributed by atoms with Crippen LogP contribution in [0.3, 0.4) is 0 Å². The number of ether oxygens (including phenoxy) is 1. The monoisotopic (exact) mass is 300 g/mol. The first-order valence-electron chi connectivity index (χ1n) is 6.49. The van der Waals surface area contributed by atoms with Crippen LogP contribution in [-0.2, 0) is 9.53 Å². The van der Waals surface area contributed by atoms with Gasteiger partial charge in [-0.1, -0.05) is 17.7 Å². The van der Waals surface area contributed by atoms with E-state index in [1.807, 2.05) is 0 Å². The van der Waals surface area contributed by atoms with E-state index in [-0.39, 0.29) is 16.8 Å². The van der Waals surface area contributed by atoms with Crippen LogP contribution in [0.15, 0.2) is 18.2 Å². The Labute approximate surface area is 122 Å². The van der Waals surface area contributed by atoms with Crippen LogP contribution in [-0.4, -0.2) is 44.6 Å². The Kier molecular flexibility index (Phi) is 4.96. The largest absolute Gasteiger partial charge is 0.371 e. The fourth-order valence-electron chi connectivity index (χ4n) is 2.31. The summed E-state index contributed by atoms with van der Waals surface area (Å²) >= 11 is 5.70. The van der Waals surface area contributed by atoms with Crippen molar-refractivity contribution >= 4 is 17.5 Å². The third kappa shape index (κ3) is 3.29. The van der Waals surface area contributed by atoms with Gasteiger partial charge >= 0.3 is 0 Å². The van der Waals surface area contributed by atoms with Crippen molar-refractivity contribution in [2.24, 2.45) is 5.92 Å². The van der Waals surface area contributed by atoms with E-state index in [0.29, 0.717) is 25.3 Å². The Bertz CT molecular complexity index is 496. The lowest BCUT2D eigenvalue weighted by Crippen LogP contribution is -2.38. The minimum absolute atomic E-state index is 0.0419. The van der Waals surface area contributed by atoms with Crippen molar-refractivity contribution in [3.05, 3.63) is 34.6 Å². The van der Waals surface area contributed by atoms with Gasteiger partial charge in [0, 0.05) is 27.2 Å². The van der Waals surface area contributed by atoms with E-state index < -0.39 is 11.9 Å².